The van der Waals surface area contributed by atoms with Crippen LogP contribution in [-0.2, 0) is 0 Å². The van der Waals surface area contributed by atoms with E-state index in [1.54, 1.807) is 0 Å². The zero-order valence-electron chi connectivity index (χ0n) is 12.7. The number of rotatable bonds is 4. The molecule has 0 N–H and O–H groups in total. The third-order valence-corrected chi connectivity index (χ3v) is 4.79. The molecule has 3 rings (SSSR count). The van der Waals surface area contributed by atoms with E-state index in [4.69, 9.17) is 11.6 Å². The van der Waals surface area contributed by atoms with E-state index in [1.807, 2.05) is 18.2 Å². The van der Waals surface area contributed by atoms with E-state index in [0.717, 1.165) is 23.9 Å². The van der Waals surface area contributed by atoms with Crippen molar-refractivity contribution in [2.45, 2.75) is 32.2 Å². The van der Waals surface area contributed by atoms with Crippen LogP contribution in [-0.4, -0.2) is 14.5 Å². The molecule has 0 aliphatic heterocycles. The SMILES string of the molecule is C=C/C=C\C(=C/C)C1CCC(n2ccc3c(Cl)ncnc32)C1. The molecular weight excluding hydrogens is 294 g/mol. The van der Waals surface area contributed by atoms with Gasteiger partial charge in [-0.2, -0.15) is 0 Å². The molecule has 2 heterocycles. The smallest absolute Gasteiger partial charge is 0.145 e. The van der Waals surface area contributed by atoms with Crippen molar-refractivity contribution in [2.75, 3.05) is 0 Å². The molecule has 0 radical (unpaired) electrons. The minimum Gasteiger partial charge on any atom is -0.329 e. The van der Waals surface area contributed by atoms with Gasteiger partial charge in [0.05, 0.1) is 5.39 Å². The van der Waals surface area contributed by atoms with Crippen molar-refractivity contribution in [1.82, 2.24) is 14.5 Å². The maximum Gasteiger partial charge on any atom is 0.145 e. The normalized spacial score (nSPS) is 22.7. The van der Waals surface area contributed by atoms with Crippen LogP contribution in [0.2, 0.25) is 5.15 Å². The second kappa shape index (κ2) is 6.49. The molecule has 0 aromatic carbocycles. The van der Waals surface area contributed by atoms with E-state index in [-0.39, 0.29) is 0 Å². The maximum atomic E-state index is 6.14. The molecule has 2 unspecified atom stereocenters. The molecule has 4 heteroatoms. The van der Waals surface area contributed by atoms with Gasteiger partial charge >= 0.3 is 0 Å². The van der Waals surface area contributed by atoms with Gasteiger partial charge in [0.2, 0.25) is 0 Å². The molecule has 2 aromatic rings. The summed E-state index contributed by atoms with van der Waals surface area (Å²) in [5, 5.41) is 1.46. The second-order valence-electron chi connectivity index (χ2n) is 5.67. The average molecular weight is 314 g/mol. The molecule has 1 saturated carbocycles. The van der Waals surface area contributed by atoms with Crippen molar-refractivity contribution in [3.8, 4) is 0 Å². The Labute approximate surface area is 136 Å². The van der Waals surface area contributed by atoms with Crippen LogP contribution >= 0.6 is 11.6 Å². The van der Waals surface area contributed by atoms with Gasteiger partial charge in [0, 0.05) is 12.2 Å². The fourth-order valence-corrected chi connectivity index (χ4v) is 3.59. The van der Waals surface area contributed by atoms with Gasteiger partial charge in [-0.15, -0.1) is 0 Å². The van der Waals surface area contributed by atoms with Crippen LogP contribution < -0.4 is 0 Å². The van der Waals surface area contributed by atoms with Crippen molar-refractivity contribution >= 4 is 22.6 Å². The first kappa shape index (κ1) is 15.0. The van der Waals surface area contributed by atoms with Crippen molar-refractivity contribution < 1.29 is 0 Å². The van der Waals surface area contributed by atoms with E-state index in [2.05, 4.69) is 46.4 Å². The summed E-state index contributed by atoms with van der Waals surface area (Å²) in [6.45, 7) is 5.85. The quantitative estimate of drug-likeness (QED) is 0.579. The first-order valence-corrected chi connectivity index (χ1v) is 8.04. The number of hydrogen-bond acceptors (Lipinski definition) is 2. The summed E-state index contributed by atoms with van der Waals surface area (Å²) in [7, 11) is 0. The molecular formula is C18H20ClN3. The van der Waals surface area contributed by atoms with Crippen LogP contribution in [0.15, 0.2) is 55.0 Å². The molecule has 1 fully saturated rings. The molecule has 2 aromatic heterocycles. The molecule has 0 amide bonds. The van der Waals surface area contributed by atoms with Crippen LogP contribution in [0.1, 0.15) is 32.2 Å². The number of hydrogen-bond donors (Lipinski definition) is 0. The number of allylic oxidation sites excluding steroid dienone is 5. The Morgan fingerprint density at radius 2 is 2.27 bits per heavy atom. The lowest BCUT2D eigenvalue weighted by Gasteiger charge is -2.15. The zero-order chi connectivity index (χ0) is 15.5. The minimum atomic E-state index is 0.473. The van der Waals surface area contributed by atoms with Crippen LogP contribution in [0.4, 0.5) is 0 Å². The summed E-state index contributed by atoms with van der Waals surface area (Å²) < 4.78 is 2.26. The van der Waals surface area contributed by atoms with Gasteiger partial charge in [-0.05, 0) is 43.7 Å². The summed E-state index contributed by atoms with van der Waals surface area (Å²) in [5.41, 5.74) is 2.33. The van der Waals surface area contributed by atoms with Gasteiger partial charge in [0.15, 0.2) is 0 Å². The second-order valence-corrected chi connectivity index (χ2v) is 6.03. The number of halogens is 1. The van der Waals surface area contributed by atoms with E-state index in [0.29, 0.717) is 17.1 Å². The van der Waals surface area contributed by atoms with Crippen molar-refractivity contribution in [3.63, 3.8) is 0 Å². The van der Waals surface area contributed by atoms with Crippen LogP contribution in [0, 0.1) is 5.92 Å². The van der Waals surface area contributed by atoms with Crippen LogP contribution in [0.5, 0.6) is 0 Å². The predicted octanol–water partition coefficient (Wildman–Crippen LogP) is 5.11. The lowest BCUT2D eigenvalue weighted by molar-refractivity contribution is 0.514. The molecule has 2 atom stereocenters. The number of fused-ring (bicyclic) bond motifs is 1. The van der Waals surface area contributed by atoms with Gasteiger partial charge in [0.25, 0.3) is 0 Å². The van der Waals surface area contributed by atoms with Crippen molar-refractivity contribution in [2.24, 2.45) is 5.92 Å². The summed E-state index contributed by atoms with van der Waals surface area (Å²) in [4.78, 5) is 8.46. The number of aromatic nitrogens is 3. The van der Waals surface area contributed by atoms with Crippen LogP contribution in [0.25, 0.3) is 11.0 Å². The molecule has 3 nitrogen and oxygen atoms in total. The third kappa shape index (κ3) is 2.73. The highest BCUT2D eigenvalue weighted by Crippen LogP contribution is 2.40. The fraction of sp³-hybridized carbons (Fsp3) is 0.333. The standard InChI is InChI=1S/C18H20ClN3/c1-3-5-6-13(4-2)14-7-8-15(11-14)22-10-9-16-17(19)20-12-21-18(16)22/h3-6,9-10,12,14-15H,1,7-8,11H2,2H3/b6-5-,13-4+. The Morgan fingerprint density at radius 3 is 3.05 bits per heavy atom. The van der Waals surface area contributed by atoms with E-state index >= 15 is 0 Å². The van der Waals surface area contributed by atoms with Gasteiger partial charge < -0.3 is 4.57 Å². The van der Waals surface area contributed by atoms with Gasteiger partial charge in [0.1, 0.15) is 17.1 Å². The molecule has 114 valence electrons. The lowest BCUT2D eigenvalue weighted by atomic mass is 9.96. The molecule has 0 spiro atoms. The highest BCUT2D eigenvalue weighted by atomic mass is 35.5. The summed E-state index contributed by atoms with van der Waals surface area (Å²) >= 11 is 6.14. The molecule has 1 aliphatic rings. The Hall–Kier alpha value is -1.87. The van der Waals surface area contributed by atoms with E-state index in [1.165, 1.54) is 18.3 Å². The Morgan fingerprint density at radius 1 is 1.41 bits per heavy atom. The highest BCUT2D eigenvalue weighted by molar-refractivity contribution is 6.33. The summed E-state index contributed by atoms with van der Waals surface area (Å²) in [6, 6.07) is 2.49. The largest absolute Gasteiger partial charge is 0.329 e. The van der Waals surface area contributed by atoms with Gasteiger partial charge in [-0.3, -0.25) is 0 Å². The third-order valence-electron chi connectivity index (χ3n) is 4.49. The molecule has 0 saturated heterocycles. The van der Waals surface area contributed by atoms with Gasteiger partial charge in [-0.1, -0.05) is 42.5 Å². The molecule has 0 bridgehead atoms. The Kier molecular flexibility index (Phi) is 4.44. The molecule has 1 aliphatic carbocycles. The predicted molar refractivity (Wildman–Crippen MR) is 92.0 cm³/mol. The van der Waals surface area contributed by atoms with Gasteiger partial charge in [-0.25, -0.2) is 9.97 Å². The number of nitrogens with zero attached hydrogens (tertiary/aromatic N) is 3. The zero-order valence-corrected chi connectivity index (χ0v) is 13.5. The Balaban J connectivity index is 1.84. The summed E-state index contributed by atoms with van der Waals surface area (Å²) in [6.07, 6.45) is 15.3. The fourth-order valence-electron chi connectivity index (χ4n) is 3.39. The molecule has 22 heavy (non-hydrogen) atoms. The maximum absolute atomic E-state index is 6.14. The highest BCUT2D eigenvalue weighted by Gasteiger charge is 2.28. The lowest BCUT2D eigenvalue weighted by Crippen LogP contribution is -2.06. The average Bonchev–Trinajstić information content (AvgIpc) is 3.15. The van der Waals surface area contributed by atoms with Crippen molar-refractivity contribution in [1.29, 1.82) is 0 Å². The Bertz CT molecular complexity index is 742. The topological polar surface area (TPSA) is 30.7 Å². The first-order valence-electron chi connectivity index (χ1n) is 7.67. The first-order chi connectivity index (χ1) is 10.7. The monoisotopic (exact) mass is 313 g/mol. The minimum absolute atomic E-state index is 0.473. The van der Waals surface area contributed by atoms with Crippen molar-refractivity contribution in [3.05, 3.63) is 60.2 Å². The summed E-state index contributed by atoms with van der Waals surface area (Å²) in [5.74, 6) is 0.598. The van der Waals surface area contributed by atoms with E-state index in [9.17, 15) is 0 Å². The van der Waals surface area contributed by atoms with Crippen LogP contribution in [0.3, 0.4) is 0 Å². The van der Waals surface area contributed by atoms with E-state index < -0.39 is 0 Å².